The van der Waals surface area contributed by atoms with Gasteiger partial charge in [0, 0.05) is 95.7 Å². The zero-order valence-electron chi connectivity index (χ0n) is 38.9. The second kappa shape index (κ2) is 24.3. The molecule has 0 radical (unpaired) electrons. The molecule has 0 unspecified atom stereocenters. The first kappa shape index (κ1) is 51.2. The normalized spacial score (nSPS) is 13.1. The lowest BCUT2D eigenvalue weighted by atomic mass is 9.94. The Labute approximate surface area is 427 Å². The molecular formula is C55H43ClF2N6O10. The van der Waals surface area contributed by atoms with Crippen molar-refractivity contribution in [3.63, 3.8) is 0 Å². The van der Waals surface area contributed by atoms with Crippen LogP contribution >= 0.6 is 11.6 Å². The van der Waals surface area contributed by atoms with Crippen LogP contribution in [0.5, 0.6) is 23.3 Å². The number of ether oxygens (including phenoxy) is 4. The third-order valence-electron chi connectivity index (χ3n) is 11.5. The van der Waals surface area contributed by atoms with Crippen molar-refractivity contribution in [1.29, 1.82) is 0 Å². The molecule has 10 rings (SSSR count). The Kier molecular flexibility index (Phi) is 16.8. The van der Waals surface area contributed by atoms with Gasteiger partial charge in [-0.3, -0.25) is 25.1 Å². The molecule has 16 nitrogen and oxygen atoms in total. The average Bonchev–Trinajstić information content (AvgIpc) is 3.38. The highest BCUT2D eigenvalue weighted by atomic mass is 35.5. The maximum atomic E-state index is 14.0. The van der Waals surface area contributed by atoms with Gasteiger partial charge in [0.1, 0.15) is 35.3 Å². The highest BCUT2D eigenvalue weighted by Crippen LogP contribution is 2.34. The van der Waals surface area contributed by atoms with E-state index >= 15 is 0 Å². The van der Waals surface area contributed by atoms with Crippen LogP contribution in [0.15, 0.2) is 194 Å². The van der Waals surface area contributed by atoms with Crippen molar-refractivity contribution >= 4 is 34.5 Å². The minimum atomic E-state index is -0.978. The summed E-state index contributed by atoms with van der Waals surface area (Å²) in [6, 6.07) is 51.8. The van der Waals surface area contributed by atoms with Crippen molar-refractivity contribution in [2.24, 2.45) is 0 Å². The van der Waals surface area contributed by atoms with Gasteiger partial charge in [-0.15, -0.1) is 0 Å². The van der Waals surface area contributed by atoms with E-state index in [1.165, 1.54) is 82.9 Å². The van der Waals surface area contributed by atoms with Gasteiger partial charge in [-0.2, -0.15) is 0 Å². The monoisotopic (exact) mass is 1020 g/mol. The van der Waals surface area contributed by atoms with Gasteiger partial charge in [-0.1, -0.05) is 97.1 Å². The fourth-order valence-electron chi connectivity index (χ4n) is 7.78. The molecule has 0 N–H and O–H groups in total. The number of rotatable bonds is 13. The van der Waals surface area contributed by atoms with Crippen LogP contribution in [-0.4, -0.2) is 79.5 Å². The molecule has 6 aromatic carbocycles. The topological polar surface area (TPSA) is 190 Å². The van der Waals surface area contributed by atoms with Gasteiger partial charge in [0.05, 0.1) is 29.0 Å². The number of non-ortho nitro benzene ring substituents is 2. The molecule has 2 fully saturated rings. The van der Waals surface area contributed by atoms with Crippen LogP contribution in [0.3, 0.4) is 0 Å². The summed E-state index contributed by atoms with van der Waals surface area (Å²) in [6.45, 7) is 2.29. The van der Waals surface area contributed by atoms with Crippen LogP contribution in [0.25, 0.3) is 22.3 Å². The van der Waals surface area contributed by atoms with Gasteiger partial charge in [0.15, 0.2) is 0 Å². The Morgan fingerprint density at radius 2 is 0.946 bits per heavy atom. The van der Waals surface area contributed by atoms with Crippen molar-refractivity contribution in [2.45, 2.75) is 18.2 Å². The number of benzene rings is 6. The SMILES string of the molecule is Fc1ccccc1-c1ccc(OC2CN(C(c3ccccc3)c3ccccc3)C2)nc1.O=C(Cl)Oc1ccc([N+](=O)[O-])cc1.O=C(Oc1ccc([N+](=O)[O-])cc1)N1CC(Oc2ccc(-c3ccccc3F)cn2)C1. The van der Waals surface area contributed by atoms with E-state index < -0.39 is 21.4 Å². The van der Waals surface area contributed by atoms with Gasteiger partial charge >= 0.3 is 11.5 Å². The molecule has 2 saturated heterocycles. The number of hydrogen-bond acceptors (Lipinski definition) is 13. The van der Waals surface area contributed by atoms with E-state index in [9.17, 15) is 38.6 Å². The second-order valence-corrected chi connectivity index (χ2v) is 16.8. The van der Waals surface area contributed by atoms with Gasteiger partial charge in [-0.25, -0.2) is 28.3 Å². The molecule has 1 amide bonds. The summed E-state index contributed by atoms with van der Waals surface area (Å²) in [5.41, 5.74) is 3.81. The van der Waals surface area contributed by atoms with E-state index in [2.05, 4.69) is 68.1 Å². The zero-order chi connectivity index (χ0) is 52.0. The molecule has 2 aliphatic rings. The predicted octanol–water partition coefficient (Wildman–Crippen LogP) is 12.1. The highest BCUT2D eigenvalue weighted by molar-refractivity contribution is 6.61. The molecule has 0 atom stereocenters. The van der Waals surface area contributed by atoms with Crippen LogP contribution in [0.1, 0.15) is 17.2 Å². The van der Waals surface area contributed by atoms with Gasteiger partial charge in [0.2, 0.25) is 11.8 Å². The van der Waals surface area contributed by atoms with E-state index in [-0.39, 0.29) is 52.8 Å². The zero-order valence-corrected chi connectivity index (χ0v) is 39.7. The number of carbonyl (C=O) groups excluding carboxylic acids is 2. The Hall–Kier alpha value is -9.13. The first-order valence-corrected chi connectivity index (χ1v) is 23.2. The summed E-state index contributed by atoms with van der Waals surface area (Å²) in [7, 11) is 0. The molecule has 0 saturated carbocycles. The largest absolute Gasteiger partial charge is 0.472 e. The number of nitrogens with zero attached hydrogens (tertiary/aromatic N) is 6. The van der Waals surface area contributed by atoms with Gasteiger partial charge in [0.25, 0.3) is 11.4 Å². The molecule has 74 heavy (non-hydrogen) atoms. The lowest BCUT2D eigenvalue weighted by molar-refractivity contribution is -0.385. The maximum Gasteiger partial charge on any atom is 0.415 e. The first-order chi connectivity index (χ1) is 35.9. The summed E-state index contributed by atoms with van der Waals surface area (Å²) in [5.74, 6) is 0.768. The number of aromatic nitrogens is 2. The summed E-state index contributed by atoms with van der Waals surface area (Å²) in [5, 5.41) is 20.9. The van der Waals surface area contributed by atoms with Crippen molar-refractivity contribution in [2.75, 3.05) is 26.2 Å². The number of pyridine rings is 2. The Balaban J connectivity index is 0.000000160. The van der Waals surface area contributed by atoms with Gasteiger partial charge < -0.3 is 23.8 Å². The molecule has 0 aliphatic carbocycles. The van der Waals surface area contributed by atoms with Crippen molar-refractivity contribution in [1.82, 2.24) is 19.8 Å². The average molecular weight is 1020 g/mol. The molecule has 374 valence electrons. The second-order valence-electron chi connectivity index (χ2n) is 16.5. The Bertz CT molecular complexity index is 3130. The number of nitro benzene ring substituents is 2. The third kappa shape index (κ3) is 13.6. The first-order valence-electron chi connectivity index (χ1n) is 22.8. The number of likely N-dealkylation sites (tertiary alicyclic amines) is 2. The van der Waals surface area contributed by atoms with E-state index in [1.807, 2.05) is 30.3 Å². The molecule has 8 aromatic rings. The van der Waals surface area contributed by atoms with E-state index in [0.29, 0.717) is 41.5 Å². The maximum absolute atomic E-state index is 14.0. The van der Waals surface area contributed by atoms with E-state index in [4.69, 9.17) is 25.8 Å². The summed E-state index contributed by atoms with van der Waals surface area (Å²) in [6.07, 6.45) is 2.49. The molecule has 0 spiro atoms. The van der Waals surface area contributed by atoms with Crippen molar-refractivity contribution in [3.05, 3.63) is 237 Å². The highest BCUT2D eigenvalue weighted by Gasteiger charge is 2.36. The van der Waals surface area contributed by atoms with Crippen LogP contribution in [0.4, 0.5) is 29.7 Å². The van der Waals surface area contributed by atoms with Crippen LogP contribution in [0, 0.1) is 31.9 Å². The lowest BCUT2D eigenvalue weighted by Gasteiger charge is -2.44. The molecule has 2 aromatic heterocycles. The van der Waals surface area contributed by atoms with Crippen LogP contribution in [-0.2, 0) is 0 Å². The molecular weight excluding hydrogens is 978 g/mol. The fraction of sp³-hybridized carbons (Fsp3) is 0.127. The number of halogens is 3. The summed E-state index contributed by atoms with van der Waals surface area (Å²) >= 11 is 4.92. The lowest BCUT2D eigenvalue weighted by Crippen LogP contribution is -2.57. The quantitative estimate of drug-likeness (QED) is 0.0603. The fourth-order valence-corrected chi connectivity index (χ4v) is 7.87. The Morgan fingerprint density at radius 3 is 1.34 bits per heavy atom. The van der Waals surface area contributed by atoms with Crippen molar-refractivity contribution in [3.8, 4) is 45.5 Å². The van der Waals surface area contributed by atoms with E-state index in [0.717, 1.165) is 18.7 Å². The number of amides is 1. The molecule has 0 bridgehead atoms. The summed E-state index contributed by atoms with van der Waals surface area (Å²) < 4.78 is 49.3. The minimum absolute atomic E-state index is 0.0747. The third-order valence-corrected chi connectivity index (χ3v) is 11.6. The molecule has 19 heteroatoms. The van der Waals surface area contributed by atoms with Crippen molar-refractivity contribution < 1.29 is 47.2 Å². The number of carbonyl (C=O) groups is 2. The molecule has 4 heterocycles. The number of hydrogen-bond donors (Lipinski definition) is 0. The molecule has 2 aliphatic heterocycles. The smallest absolute Gasteiger partial charge is 0.415 e. The van der Waals surface area contributed by atoms with Gasteiger partial charge in [-0.05, 0) is 59.7 Å². The standard InChI is InChI=1S/C27H23FN2O.C21H16FN3O5.C7H4ClNO4/c28-25-14-8-7-13-24(25)22-15-16-26(29-17-22)31-23-18-30(19-23)27(20-9-3-1-4-10-20)21-11-5-2-6-12-21;22-19-4-2-1-3-18(19)14-5-10-20(23-11-14)29-17-12-24(13-17)21(26)30-16-8-6-15(7-9-16)25(27)28;8-7(10)13-6-3-1-5(2-4-6)9(11)12/h1-17,23,27H,18-19H2;1-11,17H,12-13H2;1-4H. The Morgan fingerprint density at radius 1 is 0.541 bits per heavy atom. The van der Waals surface area contributed by atoms with Crippen LogP contribution < -0.4 is 18.9 Å². The number of nitro groups is 2. The summed E-state index contributed by atoms with van der Waals surface area (Å²) in [4.78, 5) is 54.6. The van der Waals surface area contributed by atoms with E-state index in [1.54, 1.807) is 48.7 Å². The minimum Gasteiger partial charge on any atom is -0.472 e. The predicted molar refractivity (Wildman–Crippen MR) is 270 cm³/mol. The van der Waals surface area contributed by atoms with Crippen LogP contribution in [0.2, 0.25) is 0 Å².